The number of hydrogen-bond acceptors (Lipinski definition) is 3. The third kappa shape index (κ3) is 2.09. The molecule has 2 rings (SSSR count). The van der Waals surface area contributed by atoms with E-state index in [1.807, 2.05) is 12.1 Å². The number of benzene rings is 1. The van der Waals surface area contributed by atoms with Crippen LogP contribution in [-0.2, 0) is 4.74 Å². The van der Waals surface area contributed by atoms with Gasteiger partial charge in [0.1, 0.15) is 5.76 Å². The molecule has 0 unspecified atom stereocenters. The van der Waals surface area contributed by atoms with Crippen molar-refractivity contribution in [3.63, 3.8) is 0 Å². The summed E-state index contributed by atoms with van der Waals surface area (Å²) in [7, 11) is 1.31. The molecule has 0 saturated carbocycles. The second-order valence-corrected chi connectivity index (χ2v) is 3.60. The first-order valence-corrected chi connectivity index (χ1v) is 5.02. The highest BCUT2D eigenvalue weighted by molar-refractivity contribution is 6.30. The number of hydrogen-bond donors (Lipinski definition) is 0. The fourth-order valence-corrected chi connectivity index (χ4v) is 1.54. The molecule has 0 aliphatic carbocycles. The minimum atomic E-state index is -0.492. The zero-order chi connectivity index (χ0) is 11.5. The van der Waals surface area contributed by atoms with Gasteiger partial charge in [0.05, 0.1) is 7.11 Å². The highest BCUT2D eigenvalue weighted by Gasteiger charge is 2.11. The van der Waals surface area contributed by atoms with Gasteiger partial charge in [-0.1, -0.05) is 23.7 Å². The van der Waals surface area contributed by atoms with Gasteiger partial charge < -0.3 is 9.15 Å². The molecule has 0 radical (unpaired) electrons. The van der Waals surface area contributed by atoms with E-state index >= 15 is 0 Å². The molecule has 0 atom stereocenters. The highest BCUT2D eigenvalue weighted by Crippen LogP contribution is 2.24. The number of carbonyl (C=O) groups excluding carboxylic acids is 1. The third-order valence-corrected chi connectivity index (χ3v) is 2.34. The average molecular weight is 237 g/mol. The van der Waals surface area contributed by atoms with Gasteiger partial charge >= 0.3 is 5.97 Å². The van der Waals surface area contributed by atoms with Gasteiger partial charge in [-0.05, 0) is 24.3 Å². The molecule has 0 fully saturated rings. The molecule has 1 aromatic carbocycles. The van der Waals surface area contributed by atoms with Crippen molar-refractivity contribution >= 4 is 17.6 Å². The van der Waals surface area contributed by atoms with Crippen LogP contribution in [0.4, 0.5) is 0 Å². The van der Waals surface area contributed by atoms with E-state index < -0.39 is 5.97 Å². The molecule has 1 heterocycles. The molecule has 0 aliphatic rings. The first-order valence-electron chi connectivity index (χ1n) is 4.65. The van der Waals surface area contributed by atoms with Gasteiger partial charge in [0.2, 0.25) is 5.76 Å². The van der Waals surface area contributed by atoms with Gasteiger partial charge in [0.25, 0.3) is 0 Å². The van der Waals surface area contributed by atoms with E-state index in [4.69, 9.17) is 16.0 Å². The van der Waals surface area contributed by atoms with Crippen LogP contribution in [0.5, 0.6) is 0 Å². The van der Waals surface area contributed by atoms with Crippen molar-refractivity contribution in [1.82, 2.24) is 0 Å². The highest BCUT2D eigenvalue weighted by atomic mass is 35.5. The van der Waals surface area contributed by atoms with Crippen LogP contribution >= 0.6 is 11.6 Å². The summed E-state index contributed by atoms with van der Waals surface area (Å²) in [6.07, 6.45) is 0. The number of rotatable bonds is 2. The minimum absolute atomic E-state index is 0.178. The maximum absolute atomic E-state index is 11.2. The quantitative estimate of drug-likeness (QED) is 0.751. The lowest BCUT2D eigenvalue weighted by molar-refractivity contribution is 0.0566. The molecule has 0 aliphatic heterocycles. The van der Waals surface area contributed by atoms with Gasteiger partial charge in [-0.25, -0.2) is 4.79 Å². The molecule has 1 aromatic heterocycles. The number of esters is 1. The second kappa shape index (κ2) is 4.41. The van der Waals surface area contributed by atoms with Crippen molar-refractivity contribution in [2.45, 2.75) is 0 Å². The van der Waals surface area contributed by atoms with Crippen LogP contribution in [0.3, 0.4) is 0 Å². The number of furan rings is 1. The summed E-state index contributed by atoms with van der Waals surface area (Å²) in [4.78, 5) is 11.2. The van der Waals surface area contributed by atoms with Gasteiger partial charge in [0, 0.05) is 10.6 Å². The molecule has 0 amide bonds. The van der Waals surface area contributed by atoms with Crippen molar-refractivity contribution in [2.24, 2.45) is 0 Å². The zero-order valence-electron chi connectivity index (χ0n) is 8.57. The van der Waals surface area contributed by atoms with E-state index in [2.05, 4.69) is 4.74 Å². The van der Waals surface area contributed by atoms with Crippen molar-refractivity contribution < 1.29 is 13.9 Å². The van der Waals surface area contributed by atoms with E-state index in [1.54, 1.807) is 24.3 Å². The van der Waals surface area contributed by atoms with E-state index in [1.165, 1.54) is 7.11 Å². The van der Waals surface area contributed by atoms with Crippen LogP contribution < -0.4 is 0 Å². The Morgan fingerprint density at radius 2 is 2.12 bits per heavy atom. The Bertz CT molecular complexity index is 516. The molecule has 0 saturated heterocycles. The van der Waals surface area contributed by atoms with Crippen molar-refractivity contribution in [2.75, 3.05) is 7.11 Å². The van der Waals surface area contributed by atoms with Gasteiger partial charge in [0.15, 0.2) is 0 Å². The van der Waals surface area contributed by atoms with Crippen LogP contribution in [0.1, 0.15) is 10.6 Å². The lowest BCUT2D eigenvalue weighted by Crippen LogP contribution is -1.98. The SMILES string of the molecule is COC(=O)c1ccc(-c2cccc(Cl)c2)o1. The first kappa shape index (κ1) is 10.8. The molecule has 3 nitrogen and oxygen atoms in total. The Hall–Kier alpha value is -1.74. The Kier molecular flexibility index (Phi) is 2.97. The fourth-order valence-electron chi connectivity index (χ4n) is 1.35. The Labute approximate surface area is 97.6 Å². The Morgan fingerprint density at radius 1 is 1.31 bits per heavy atom. The summed E-state index contributed by atoms with van der Waals surface area (Å²) in [6, 6.07) is 10.5. The third-order valence-electron chi connectivity index (χ3n) is 2.10. The number of carbonyl (C=O) groups is 1. The summed E-state index contributed by atoms with van der Waals surface area (Å²) >= 11 is 5.86. The predicted molar refractivity (Wildman–Crippen MR) is 60.5 cm³/mol. The molecule has 0 N–H and O–H groups in total. The largest absolute Gasteiger partial charge is 0.463 e. The fraction of sp³-hybridized carbons (Fsp3) is 0.0833. The molecule has 2 aromatic rings. The summed E-state index contributed by atoms with van der Waals surface area (Å²) < 4.78 is 9.89. The molecular formula is C12H9ClO3. The first-order chi connectivity index (χ1) is 7.70. The normalized spacial score (nSPS) is 10.1. The van der Waals surface area contributed by atoms with E-state index in [-0.39, 0.29) is 5.76 Å². The summed E-state index contributed by atoms with van der Waals surface area (Å²) in [5, 5.41) is 0.619. The Morgan fingerprint density at radius 3 is 2.81 bits per heavy atom. The average Bonchev–Trinajstić information content (AvgIpc) is 2.77. The molecule has 0 bridgehead atoms. The number of halogens is 1. The summed E-state index contributed by atoms with van der Waals surface area (Å²) in [5.74, 6) is 0.272. The molecule has 4 heteroatoms. The number of ether oxygens (including phenoxy) is 1. The topological polar surface area (TPSA) is 39.4 Å². The van der Waals surface area contributed by atoms with E-state index in [0.717, 1.165) is 5.56 Å². The summed E-state index contributed by atoms with van der Waals surface area (Å²) in [6.45, 7) is 0. The second-order valence-electron chi connectivity index (χ2n) is 3.17. The number of methoxy groups -OCH3 is 1. The molecule has 82 valence electrons. The van der Waals surface area contributed by atoms with Crippen LogP contribution in [0.2, 0.25) is 5.02 Å². The Balaban J connectivity index is 2.35. The predicted octanol–water partition coefficient (Wildman–Crippen LogP) is 3.39. The maximum Gasteiger partial charge on any atom is 0.373 e. The zero-order valence-corrected chi connectivity index (χ0v) is 9.32. The maximum atomic E-state index is 11.2. The van der Waals surface area contributed by atoms with Crippen LogP contribution in [0.25, 0.3) is 11.3 Å². The molecular weight excluding hydrogens is 228 g/mol. The van der Waals surface area contributed by atoms with Gasteiger partial charge in [-0.3, -0.25) is 0 Å². The lowest BCUT2D eigenvalue weighted by Gasteiger charge is -1.97. The van der Waals surface area contributed by atoms with Crippen molar-refractivity contribution in [3.05, 3.63) is 47.2 Å². The monoisotopic (exact) mass is 236 g/mol. The van der Waals surface area contributed by atoms with Gasteiger partial charge in [-0.2, -0.15) is 0 Å². The minimum Gasteiger partial charge on any atom is -0.463 e. The van der Waals surface area contributed by atoms with Crippen LogP contribution in [0.15, 0.2) is 40.8 Å². The van der Waals surface area contributed by atoms with Crippen molar-refractivity contribution in [1.29, 1.82) is 0 Å². The summed E-state index contributed by atoms with van der Waals surface area (Å²) in [5.41, 5.74) is 0.822. The van der Waals surface area contributed by atoms with Crippen molar-refractivity contribution in [3.8, 4) is 11.3 Å². The van der Waals surface area contributed by atoms with Gasteiger partial charge in [-0.15, -0.1) is 0 Å². The smallest absolute Gasteiger partial charge is 0.373 e. The lowest BCUT2D eigenvalue weighted by atomic mass is 10.2. The van der Waals surface area contributed by atoms with Crippen LogP contribution in [0, 0.1) is 0 Å². The molecule has 0 spiro atoms. The standard InChI is InChI=1S/C12H9ClO3/c1-15-12(14)11-6-5-10(16-11)8-3-2-4-9(13)7-8/h2-7H,1H3. The molecule has 16 heavy (non-hydrogen) atoms. The van der Waals surface area contributed by atoms with E-state index in [0.29, 0.717) is 10.8 Å². The van der Waals surface area contributed by atoms with E-state index in [9.17, 15) is 4.79 Å². The van der Waals surface area contributed by atoms with Crippen LogP contribution in [-0.4, -0.2) is 13.1 Å².